The number of anilines is 2. The third-order valence-corrected chi connectivity index (χ3v) is 5.68. The van der Waals surface area contributed by atoms with Crippen molar-refractivity contribution in [1.29, 1.82) is 5.26 Å². The highest BCUT2D eigenvalue weighted by atomic mass is 32.1. The maximum absolute atomic E-state index is 9.64. The van der Waals surface area contributed by atoms with Gasteiger partial charge in [0.25, 0.3) is 0 Å². The molecule has 4 rings (SSSR count). The van der Waals surface area contributed by atoms with Gasteiger partial charge in [0.2, 0.25) is 11.9 Å². The van der Waals surface area contributed by atoms with Crippen LogP contribution in [0.3, 0.4) is 0 Å². The average Bonchev–Trinajstić information content (AvgIpc) is 3.16. The van der Waals surface area contributed by atoms with Gasteiger partial charge in [0.15, 0.2) is 0 Å². The monoisotopic (exact) mass is 392 g/mol. The Kier molecular flexibility index (Phi) is 5.39. The molecule has 0 saturated carbocycles. The first-order valence-corrected chi connectivity index (χ1v) is 10.0. The summed E-state index contributed by atoms with van der Waals surface area (Å²) >= 11 is 1.49. The minimum absolute atomic E-state index is 0.326. The van der Waals surface area contributed by atoms with E-state index in [1.807, 2.05) is 12.3 Å². The normalized spacial score (nSPS) is 15.8. The zero-order chi connectivity index (χ0) is 19.3. The molecule has 0 spiro atoms. The lowest BCUT2D eigenvalue weighted by Gasteiger charge is -2.32. The zero-order valence-corrected chi connectivity index (χ0v) is 16.3. The Labute approximate surface area is 167 Å². The summed E-state index contributed by atoms with van der Waals surface area (Å²) < 4.78 is 0. The molecule has 0 bridgehead atoms. The summed E-state index contributed by atoms with van der Waals surface area (Å²) in [7, 11) is 0. The van der Waals surface area contributed by atoms with Crippen molar-refractivity contribution in [1.82, 2.24) is 24.9 Å². The summed E-state index contributed by atoms with van der Waals surface area (Å²) in [5.74, 6) is 0.866. The quantitative estimate of drug-likeness (QED) is 0.707. The number of nitrogens with zero attached hydrogens (tertiary/aromatic N) is 7. The van der Waals surface area contributed by atoms with Crippen molar-refractivity contribution in [2.45, 2.75) is 31.7 Å². The second-order valence-electron chi connectivity index (χ2n) is 6.65. The minimum atomic E-state index is -0.463. The van der Waals surface area contributed by atoms with E-state index in [0.717, 1.165) is 36.6 Å². The molecule has 4 heterocycles. The Morgan fingerprint density at radius 2 is 1.96 bits per heavy atom. The first-order chi connectivity index (χ1) is 13.7. The summed E-state index contributed by atoms with van der Waals surface area (Å²) in [6.45, 7) is 3.60. The van der Waals surface area contributed by atoms with Crippen LogP contribution in [0.4, 0.5) is 11.9 Å². The summed E-state index contributed by atoms with van der Waals surface area (Å²) in [5.41, 5.74) is 1.62. The van der Waals surface area contributed by atoms with Gasteiger partial charge >= 0.3 is 0 Å². The first-order valence-electron chi connectivity index (χ1n) is 9.16. The smallest absolute Gasteiger partial charge is 0.225 e. The average molecular weight is 392 g/mol. The lowest BCUT2D eigenvalue weighted by Crippen LogP contribution is -2.40. The fourth-order valence-corrected chi connectivity index (χ4v) is 4.06. The van der Waals surface area contributed by atoms with Crippen molar-refractivity contribution in [2.75, 3.05) is 23.3 Å². The zero-order valence-electron chi connectivity index (χ0n) is 15.5. The number of thiazole rings is 1. The predicted molar refractivity (Wildman–Crippen MR) is 107 cm³/mol. The van der Waals surface area contributed by atoms with Crippen molar-refractivity contribution in [3.8, 4) is 6.07 Å². The van der Waals surface area contributed by atoms with Gasteiger partial charge in [-0.25, -0.2) is 24.9 Å². The van der Waals surface area contributed by atoms with Crippen LogP contribution < -0.4 is 10.2 Å². The number of nitriles is 1. The number of rotatable bonds is 5. The molecule has 1 N–H and O–H groups in total. The molecule has 1 saturated heterocycles. The van der Waals surface area contributed by atoms with E-state index >= 15 is 0 Å². The Balaban J connectivity index is 1.43. The molecule has 3 aromatic heterocycles. The number of aromatic nitrogens is 5. The third-order valence-electron chi connectivity index (χ3n) is 4.65. The predicted octanol–water partition coefficient (Wildman–Crippen LogP) is 2.77. The van der Waals surface area contributed by atoms with Crippen molar-refractivity contribution < 1.29 is 0 Å². The van der Waals surface area contributed by atoms with Crippen LogP contribution in [0.25, 0.3) is 0 Å². The third kappa shape index (κ3) is 4.07. The molecule has 9 heteroatoms. The highest BCUT2D eigenvalue weighted by Gasteiger charge is 2.24. The second-order valence-corrected chi connectivity index (χ2v) is 7.54. The SMILES string of the molecule is Cc1csc(C(C#N)c2ccnc(N3CCC(Nc4ncccn4)CC3)n2)n1. The summed E-state index contributed by atoms with van der Waals surface area (Å²) in [6.07, 6.45) is 7.09. The van der Waals surface area contributed by atoms with Crippen LogP contribution in [0.2, 0.25) is 0 Å². The van der Waals surface area contributed by atoms with Crippen LogP contribution in [-0.2, 0) is 0 Å². The van der Waals surface area contributed by atoms with Crippen LogP contribution in [0, 0.1) is 18.3 Å². The highest BCUT2D eigenvalue weighted by Crippen LogP contribution is 2.27. The lowest BCUT2D eigenvalue weighted by molar-refractivity contribution is 0.517. The molecule has 8 nitrogen and oxygen atoms in total. The largest absolute Gasteiger partial charge is 0.351 e. The van der Waals surface area contributed by atoms with Gasteiger partial charge in [-0.1, -0.05) is 0 Å². The van der Waals surface area contributed by atoms with E-state index in [1.54, 1.807) is 30.7 Å². The fourth-order valence-electron chi connectivity index (χ4n) is 3.21. The molecule has 1 atom stereocenters. The molecule has 1 aliphatic heterocycles. The van der Waals surface area contributed by atoms with E-state index in [1.165, 1.54) is 11.3 Å². The molecular formula is C19H20N8S. The first kappa shape index (κ1) is 18.3. The van der Waals surface area contributed by atoms with Crippen molar-refractivity contribution in [2.24, 2.45) is 0 Å². The van der Waals surface area contributed by atoms with E-state index in [9.17, 15) is 5.26 Å². The minimum Gasteiger partial charge on any atom is -0.351 e. The number of hydrogen-bond acceptors (Lipinski definition) is 9. The molecule has 0 aliphatic carbocycles. The van der Waals surface area contributed by atoms with Gasteiger partial charge in [-0.15, -0.1) is 11.3 Å². The molecule has 3 aromatic rings. The van der Waals surface area contributed by atoms with Gasteiger partial charge in [-0.05, 0) is 31.9 Å². The maximum atomic E-state index is 9.64. The van der Waals surface area contributed by atoms with E-state index in [2.05, 4.69) is 41.2 Å². The number of hydrogen-bond donors (Lipinski definition) is 1. The highest BCUT2D eigenvalue weighted by molar-refractivity contribution is 7.09. The topological polar surface area (TPSA) is 104 Å². The Morgan fingerprint density at radius 1 is 1.18 bits per heavy atom. The summed E-state index contributed by atoms with van der Waals surface area (Å²) in [5, 5.41) is 15.7. The molecular weight excluding hydrogens is 372 g/mol. The van der Waals surface area contributed by atoms with E-state index in [4.69, 9.17) is 0 Å². The van der Waals surface area contributed by atoms with Gasteiger partial charge in [-0.2, -0.15) is 5.26 Å². The molecule has 142 valence electrons. The van der Waals surface area contributed by atoms with Gasteiger partial charge in [0.1, 0.15) is 10.9 Å². The molecule has 28 heavy (non-hydrogen) atoms. The van der Waals surface area contributed by atoms with E-state index < -0.39 is 5.92 Å². The van der Waals surface area contributed by atoms with Crippen molar-refractivity contribution in [3.05, 3.63) is 52.5 Å². The molecule has 1 aliphatic rings. The molecule has 0 aromatic carbocycles. The molecule has 1 fully saturated rings. The Morgan fingerprint density at radius 3 is 2.64 bits per heavy atom. The molecule has 1 unspecified atom stereocenters. The fraction of sp³-hybridized carbons (Fsp3) is 0.368. The Hall–Kier alpha value is -3.12. The van der Waals surface area contributed by atoms with Crippen LogP contribution in [0.15, 0.2) is 36.1 Å². The van der Waals surface area contributed by atoms with Gasteiger partial charge in [-0.3, -0.25) is 0 Å². The van der Waals surface area contributed by atoms with Crippen LogP contribution in [0.5, 0.6) is 0 Å². The van der Waals surface area contributed by atoms with E-state index in [-0.39, 0.29) is 0 Å². The number of piperidine rings is 1. The summed E-state index contributed by atoms with van der Waals surface area (Å²) in [4.78, 5) is 24.2. The van der Waals surface area contributed by atoms with Gasteiger partial charge < -0.3 is 10.2 Å². The Bertz CT molecular complexity index is 959. The second kappa shape index (κ2) is 8.27. The van der Waals surface area contributed by atoms with Gasteiger partial charge in [0.05, 0.1) is 11.8 Å². The summed E-state index contributed by atoms with van der Waals surface area (Å²) in [6, 6.07) is 6.26. The van der Waals surface area contributed by atoms with Crippen LogP contribution in [0.1, 0.15) is 35.2 Å². The van der Waals surface area contributed by atoms with Crippen molar-refractivity contribution >= 4 is 23.2 Å². The number of aryl methyl sites for hydroxylation is 1. The maximum Gasteiger partial charge on any atom is 0.225 e. The molecule has 0 radical (unpaired) electrons. The number of nitrogens with one attached hydrogen (secondary N) is 1. The van der Waals surface area contributed by atoms with E-state index in [0.29, 0.717) is 23.6 Å². The van der Waals surface area contributed by atoms with Crippen molar-refractivity contribution in [3.63, 3.8) is 0 Å². The van der Waals surface area contributed by atoms with Crippen LogP contribution >= 0.6 is 11.3 Å². The lowest BCUT2D eigenvalue weighted by atomic mass is 10.1. The van der Waals surface area contributed by atoms with Crippen LogP contribution in [-0.4, -0.2) is 44.1 Å². The standard InChI is InChI=1S/C19H20N8S/c1-13-12-28-17(24-13)15(11-20)16-3-8-23-19(26-16)27-9-4-14(5-10-27)25-18-21-6-2-7-22-18/h2-3,6-8,12,14-15H,4-5,9-10H2,1H3,(H,21,22,25). The molecule has 0 amide bonds. The van der Waals surface area contributed by atoms with Gasteiger partial charge in [0, 0.05) is 48.8 Å².